The van der Waals surface area contributed by atoms with E-state index in [0.29, 0.717) is 0 Å². The van der Waals surface area contributed by atoms with E-state index in [9.17, 15) is 81.1 Å². The zero-order chi connectivity index (χ0) is 48.9. The van der Waals surface area contributed by atoms with Crippen LogP contribution in [0.15, 0.2) is 72.8 Å². The number of phenolic OH excluding ortho intramolecular Hbond substituents is 14. The Bertz CT molecular complexity index is 2750. The van der Waals surface area contributed by atoms with Crippen LogP contribution < -0.4 is 9.47 Å². The maximum atomic E-state index is 13.4. The lowest BCUT2D eigenvalue weighted by atomic mass is 9.89. The van der Waals surface area contributed by atoms with E-state index in [1.165, 1.54) is 24.3 Å². The maximum Gasteiger partial charge on any atom is 0.338 e. The van der Waals surface area contributed by atoms with Gasteiger partial charge in [0.05, 0.1) is 11.1 Å². The molecular formula is C48H42O20. The first kappa shape index (κ1) is 45.6. The zero-order valence-electron chi connectivity index (χ0n) is 35.2. The van der Waals surface area contributed by atoms with Crippen molar-refractivity contribution in [3.8, 4) is 92.0 Å². The average molecular weight is 939 g/mol. The first-order valence-corrected chi connectivity index (χ1v) is 20.7. The molecule has 0 aliphatic carbocycles. The van der Waals surface area contributed by atoms with Crippen molar-refractivity contribution in [1.29, 1.82) is 0 Å². The van der Waals surface area contributed by atoms with Gasteiger partial charge in [0, 0.05) is 58.4 Å². The van der Waals surface area contributed by atoms with Gasteiger partial charge in [-0.3, -0.25) is 0 Å². The van der Waals surface area contributed by atoms with Crippen molar-refractivity contribution < 1.29 is 100 Å². The quantitative estimate of drug-likeness (QED) is 0.0406. The summed E-state index contributed by atoms with van der Waals surface area (Å²) in [5.41, 5.74) is 0.331. The summed E-state index contributed by atoms with van der Waals surface area (Å²) in [6, 6.07) is 13.0. The van der Waals surface area contributed by atoms with Gasteiger partial charge in [0.1, 0.15) is 46.7 Å². The Hall–Kier alpha value is -8.94. The van der Waals surface area contributed by atoms with Crippen LogP contribution in [0, 0.1) is 0 Å². The highest BCUT2D eigenvalue weighted by Gasteiger charge is 2.40. The largest absolute Gasteiger partial charge is 0.507 e. The van der Waals surface area contributed by atoms with Crippen LogP contribution >= 0.6 is 0 Å². The lowest BCUT2D eigenvalue weighted by Crippen LogP contribution is -2.35. The van der Waals surface area contributed by atoms with Gasteiger partial charge in [-0.15, -0.1) is 0 Å². The van der Waals surface area contributed by atoms with Crippen LogP contribution in [0.5, 0.6) is 92.0 Å². The number of hydrogen-bond donors (Lipinski definition) is 14. The molecule has 0 spiro atoms. The van der Waals surface area contributed by atoms with Gasteiger partial charge >= 0.3 is 11.9 Å². The average Bonchev–Trinajstić information content (AvgIpc) is 3.29. The molecule has 2 aliphatic heterocycles. The van der Waals surface area contributed by atoms with Gasteiger partial charge in [0.25, 0.3) is 0 Å². The molecule has 0 bridgehead atoms. The highest BCUT2D eigenvalue weighted by atomic mass is 16.6. The Kier molecular flexibility index (Phi) is 11.9. The molecule has 354 valence electrons. The summed E-state index contributed by atoms with van der Waals surface area (Å²) in [5, 5.41) is 145. The lowest BCUT2D eigenvalue weighted by Gasteiger charge is -2.35. The zero-order valence-corrected chi connectivity index (χ0v) is 35.2. The predicted molar refractivity (Wildman–Crippen MR) is 231 cm³/mol. The monoisotopic (exact) mass is 938 g/mol. The third kappa shape index (κ3) is 8.64. The molecule has 20 nitrogen and oxygen atoms in total. The van der Waals surface area contributed by atoms with E-state index in [1.54, 1.807) is 0 Å². The minimum atomic E-state index is -1.27. The summed E-state index contributed by atoms with van der Waals surface area (Å²) in [7, 11) is 0. The number of fused-ring (bicyclic) bond motifs is 2. The number of rotatable bonds is 11. The predicted octanol–water partition coefficient (Wildman–Crippen LogP) is 5.93. The van der Waals surface area contributed by atoms with Crippen molar-refractivity contribution in [2.45, 2.75) is 62.9 Å². The highest BCUT2D eigenvalue weighted by molar-refractivity contribution is 5.92. The summed E-state index contributed by atoms with van der Waals surface area (Å²) < 4.78 is 24.2. The van der Waals surface area contributed by atoms with Crippen LogP contribution in [0.4, 0.5) is 0 Å². The number of hydrogen-bond acceptors (Lipinski definition) is 20. The van der Waals surface area contributed by atoms with E-state index in [4.69, 9.17) is 18.9 Å². The Morgan fingerprint density at radius 2 is 0.779 bits per heavy atom. The molecular weight excluding hydrogens is 897 g/mol. The Morgan fingerprint density at radius 3 is 1.12 bits per heavy atom. The molecule has 0 saturated carbocycles. The minimum Gasteiger partial charge on any atom is -0.507 e. The fraction of sp³-hybridized carbons (Fsp3) is 0.208. The Balaban J connectivity index is 1.06. The molecule has 0 radical (unpaired) electrons. The molecule has 0 fully saturated rings. The van der Waals surface area contributed by atoms with Gasteiger partial charge in [-0.2, -0.15) is 0 Å². The number of unbranched alkanes of at least 4 members (excludes halogenated alkanes) is 1. The Morgan fingerprint density at radius 1 is 0.426 bits per heavy atom. The van der Waals surface area contributed by atoms with Crippen molar-refractivity contribution in [2.24, 2.45) is 0 Å². The van der Waals surface area contributed by atoms with Crippen molar-refractivity contribution in [3.05, 3.63) is 117 Å². The molecule has 68 heavy (non-hydrogen) atoms. The molecule has 2 heterocycles. The van der Waals surface area contributed by atoms with Crippen LogP contribution in [0.1, 0.15) is 79.1 Å². The number of aromatic hydroxyl groups is 14. The molecule has 4 atom stereocenters. The number of esters is 2. The van der Waals surface area contributed by atoms with Gasteiger partial charge in [0.2, 0.25) is 0 Å². The van der Waals surface area contributed by atoms with Crippen molar-refractivity contribution in [3.63, 3.8) is 0 Å². The van der Waals surface area contributed by atoms with Gasteiger partial charge in [-0.25, -0.2) is 9.59 Å². The minimum absolute atomic E-state index is 0.0128. The van der Waals surface area contributed by atoms with Crippen molar-refractivity contribution in [1.82, 2.24) is 0 Å². The molecule has 0 unspecified atom stereocenters. The number of carbonyl (C=O) groups excluding carboxylic acids is 2. The highest BCUT2D eigenvalue weighted by Crippen LogP contribution is 2.50. The van der Waals surface area contributed by atoms with E-state index < -0.39 is 105 Å². The smallest absolute Gasteiger partial charge is 0.338 e. The summed E-state index contributed by atoms with van der Waals surface area (Å²) in [6.45, 7) is 0. The fourth-order valence-electron chi connectivity index (χ4n) is 8.29. The SMILES string of the molecule is O=C(O[C@H]1Cc2c(O)cc(O)c(CCCCc3c(O)cc(O)c4c3O[C@H](c3ccc(O)c(O)c3)[C@@H](OC(=O)c3cc(O)c(O)c(O)c3)C4)c2O[C@@H]1c1ccc(O)c(O)c1)c1cc(O)c(O)c(O)c1. The summed E-state index contributed by atoms with van der Waals surface area (Å²) in [4.78, 5) is 26.7. The third-order valence-corrected chi connectivity index (χ3v) is 11.7. The Labute approximate surface area is 383 Å². The molecule has 0 aromatic heterocycles. The molecule has 6 aromatic rings. The number of carbonyl (C=O) groups is 2. The number of benzene rings is 6. The lowest BCUT2D eigenvalue weighted by molar-refractivity contribution is -0.0196. The fourth-order valence-corrected chi connectivity index (χ4v) is 8.29. The number of ether oxygens (including phenoxy) is 4. The van der Waals surface area contributed by atoms with Crippen LogP contribution in [-0.2, 0) is 35.2 Å². The van der Waals surface area contributed by atoms with Crippen LogP contribution in [0.3, 0.4) is 0 Å². The van der Waals surface area contributed by atoms with Crippen LogP contribution in [0.25, 0.3) is 0 Å². The molecule has 14 N–H and O–H groups in total. The van der Waals surface area contributed by atoms with Gasteiger partial charge < -0.3 is 90.4 Å². The van der Waals surface area contributed by atoms with Crippen molar-refractivity contribution >= 4 is 11.9 Å². The van der Waals surface area contributed by atoms with E-state index in [2.05, 4.69) is 0 Å². The second-order valence-corrected chi connectivity index (χ2v) is 16.2. The van der Waals surface area contributed by atoms with E-state index in [1.807, 2.05) is 0 Å². The first-order valence-electron chi connectivity index (χ1n) is 20.7. The van der Waals surface area contributed by atoms with E-state index >= 15 is 0 Å². The van der Waals surface area contributed by atoms with Crippen LogP contribution in [-0.4, -0.2) is 95.6 Å². The second kappa shape index (κ2) is 17.8. The molecule has 6 aromatic carbocycles. The molecule has 8 rings (SSSR count). The van der Waals surface area contributed by atoms with Crippen LogP contribution in [0.2, 0.25) is 0 Å². The van der Waals surface area contributed by atoms with E-state index in [0.717, 1.165) is 48.5 Å². The summed E-state index contributed by atoms with van der Waals surface area (Å²) in [5.74, 6) is -10.7. The topological polar surface area (TPSA) is 354 Å². The molecule has 0 saturated heterocycles. The summed E-state index contributed by atoms with van der Waals surface area (Å²) in [6.07, 6.45) is -4.81. The third-order valence-electron chi connectivity index (χ3n) is 11.7. The van der Waals surface area contributed by atoms with Gasteiger partial charge in [-0.1, -0.05) is 12.1 Å². The number of phenols is 14. The molecule has 2 aliphatic rings. The first-order chi connectivity index (χ1) is 32.3. The standard InChI is InChI=1S/C48H42O20/c49-27-7-5-19(9-33(27)55)43-39(65-47(63)21-11-35(57)41(61)36(58)12-21)15-25-31(53)17-29(51)23(45(25)67-43)3-1-2-4-24-30(52)18-32(54)26-16-40(66-48(64)22-13-37(59)42(62)38(60)14-22)44(68-46(24)26)20-6-8-28(50)34(56)10-20/h5-14,17-18,39-40,43-44,49-62H,1-4,15-16H2/t39-,40-,43+,44+/m0/s1. The maximum absolute atomic E-state index is 13.4. The van der Waals surface area contributed by atoms with Crippen molar-refractivity contribution in [2.75, 3.05) is 0 Å². The second-order valence-electron chi connectivity index (χ2n) is 16.2. The van der Waals surface area contributed by atoms with Gasteiger partial charge in [0.15, 0.2) is 69.7 Å². The summed E-state index contributed by atoms with van der Waals surface area (Å²) >= 11 is 0. The molecule has 0 amide bonds. The molecule has 20 heteroatoms. The normalized spacial score (nSPS) is 17.2. The van der Waals surface area contributed by atoms with Gasteiger partial charge in [-0.05, 0) is 74.2 Å². The van der Waals surface area contributed by atoms with E-state index in [-0.39, 0.29) is 106 Å².